The molecule has 0 saturated carbocycles. The number of benzene rings is 1. The van der Waals surface area contributed by atoms with Crippen molar-refractivity contribution in [2.24, 2.45) is 4.99 Å². The van der Waals surface area contributed by atoms with Crippen molar-refractivity contribution in [1.29, 1.82) is 0 Å². The highest BCUT2D eigenvalue weighted by Gasteiger charge is 2.38. The molecule has 1 atom stereocenters. The van der Waals surface area contributed by atoms with E-state index in [0.29, 0.717) is 27.4 Å². The maximum atomic E-state index is 10.6. The van der Waals surface area contributed by atoms with E-state index in [1.54, 1.807) is 12.1 Å². The van der Waals surface area contributed by atoms with Crippen LogP contribution in [-0.4, -0.2) is 50.1 Å². The number of rotatable bonds is 4. The Balaban J connectivity index is 2.20. The fourth-order valence-electron chi connectivity index (χ4n) is 1.79. The number of likely N-dealkylation sites (N-methyl/N-ethyl adjacent to an activating group) is 1. The maximum absolute atomic E-state index is 10.6. The van der Waals surface area contributed by atoms with E-state index >= 15 is 0 Å². The van der Waals surface area contributed by atoms with E-state index in [9.17, 15) is 5.11 Å². The van der Waals surface area contributed by atoms with Crippen LogP contribution in [0.25, 0.3) is 0 Å². The Hall–Kier alpha value is -0.460. The lowest BCUT2D eigenvalue weighted by atomic mass is 10.1. The van der Waals surface area contributed by atoms with E-state index in [0.717, 1.165) is 11.0 Å². The van der Waals surface area contributed by atoms with Gasteiger partial charge in [-0.25, -0.2) is 0 Å². The van der Waals surface area contributed by atoms with Gasteiger partial charge in [-0.3, -0.25) is 4.99 Å². The van der Waals surface area contributed by atoms with Crippen molar-refractivity contribution in [2.75, 3.05) is 34.3 Å². The summed E-state index contributed by atoms with van der Waals surface area (Å²) in [5.41, 5.74) is 1.14. The van der Waals surface area contributed by atoms with Crippen LogP contribution in [0.15, 0.2) is 21.6 Å². The third-order valence-electron chi connectivity index (χ3n) is 2.89. The Morgan fingerprint density at radius 2 is 2.11 bits per heavy atom. The third-order valence-corrected chi connectivity index (χ3v) is 4.18. The molecule has 1 aromatic rings. The second-order valence-corrected chi connectivity index (χ2v) is 6.80. The fraction of sp³-hybridized carbons (Fsp3) is 0.462. The first-order chi connectivity index (χ1) is 8.73. The van der Waals surface area contributed by atoms with Gasteiger partial charge in [0.15, 0.2) is 0 Å². The predicted molar refractivity (Wildman–Crippen MR) is 80.1 cm³/mol. The van der Waals surface area contributed by atoms with Crippen LogP contribution in [0.5, 0.6) is 0 Å². The van der Waals surface area contributed by atoms with Gasteiger partial charge >= 0.3 is 0 Å². The van der Waals surface area contributed by atoms with Crippen LogP contribution >= 0.6 is 27.5 Å². The zero-order valence-corrected chi connectivity index (χ0v) is 13.5. The summed E-state index contributed by atoms with van der Waals surface area (Å²) < 4.78 is 7.09. The number of hydrogen-bond acceptors (Lipinski definition) is 3. The van der Waals surface area contributed by atoms with Gasteiger partial charge in [0, 0.05) is 4.47 Å². The highest BCUT2D eigenvalue weighted by atomic mass is 79.9. The molecule has 6 heteroatoms. The molecule has 0 saturated heterocycles. The molecule has 0 spiro atoms. The van der Waals surface area contributed by atoms with Crippen molar-refractivity contribution in [3.63, 3.8) is 0 Å². The Kier molecular flexibility index (Phi) is 4.05. The summed E-state index contributed by atoms with van der Waals surface area (Å²) in [6.07, 6.45) is 1.39. The molecular weight excluding hydrogens is 332 g/mol. The number of nitrogens with zero attached hydrogens (tertiary/aromatic N) is 2. The number of aliphatic hydroxyl groups is 1. The minimum Gasteiger partial charge on any atom is -0.357 e. The van der Waals surface area contributed by atoms with E-state index in [1.807, 2.05) is 0 Å². The van der Waals surface area contributed by atoms with Crippen molar-refractivity contribution >= 4 is 39.4 Å². The number of aliphatic imine (C=N–C) groups is 1. The van der Waals surface area contributed by atoms with Gasteiger partial charge < -0.3 is 14.3 Å². The van der Waals surface area contributed by atoms with Crippen molar-refractivity contribution in [2.45, 2.75) is 5.79 Å². The summed E-state index contributed by atoms with van der Waals surface area (Å²) in [6.45, 7) is 1.19. The summed E-state index contributed by atoms with van der Waals surface area (Å²) in [5, 5.41) is 11.0. The smallest absolute Gasteiger partial charge is 0.234 e. The van der Waals surface area contributed by atoms with Crippen LogP contribution < -0.4 is 0 Å². The molecule has 1 aromatic carbocycles. The minimum atomic E-state index is -1.54. The molecule has 0 aromatic heterocycles. The monoisotopic (exact) mass is 347 g/mol. The van der Waals surface area contributed by atoms with Crippen LogP contribution in [0.1, 0.15) is 5.56 Å². The molecule has 0 aliphatic carbocycles. The van der Waals surface area contributed by atoms with Gasteiger partial charge in [-0.1, -0.05) is 11.6 Å². The van der Waals surface area contributed by atoms with Crippen molar-refractivity contribution in [3.8, 4) is 0 Å². The number of fused-ring (bicyclic) bond motifs is 1. The molecule has 19 heavy (non-hydrogen) atoms. The normalized spacial score (nSPS) is 21.8. The highest BCUT2D eigenvalue weighted by molar-refractivity contribution is 9.10. The summed E-state index contributed by atoms with van der Waals surface area (Å²) in [5.74, 6) is -1.54. The SMILES string of the molecule is C[N+](C)(C)CCOC1(O)C=Nc2ccc(Br)c(Cl)c21. The van der Waals surface area contributed by atoms with Crippen molar-refractivity contribution in [3.05, 3.63) is 27.2 Å². The first-order valence-corrected chi connectivity index (χ1v) is 7.10. The van der Waals surface area contributed by atoms with E-state index < -0.39 is 5.79 Å². The van der Waals surface area contributed by atoms with Gasteiger partial charge in [0.2, 0.25) is 5.79 Å². The zero-order chi connectivity index (χ0) is 14.3. The quantitative estimate of drug-likeness (QED) is 0.671. The van der Waals surface area contributed by atoms with Gasteiger partial charge in [-0.05, 0) is 28.1 Å². The predicted octanol–water partition coefficient (Wildman–Crippen LogP) is 2.69. The largest absolute Gasteiger partial charge is 0.357 e. The molecule has 0 bridgehead atoms. The number of quaternary nitrogens is 1. The Bertz CT molecular complexity index is 528. The lowest BCUT2D eigenvalue weighted by Crippen LogP contribution is -2.40. The van der Waals surface area contributed by atoms with Crippen LogP contribution in [0.2, 0.25) is 5.02 Å². The lowest BCUT2D eigenvalue weighted by molar-refractivity contribution is -0.871. The fourth-order valence-corrected chi connectivity index (χ4v) is 2.42. The average molecular weight is 349 g/mol. The highest BCUT2D eigenvalue weighted by Crippen LogP contribution is 2.43. The Morgan fingerprint density at radius 3 is 2.74 bits per heavy atom. The van der Waals surface area contributed by atoms with Gasteiger partial charge in [-0.2, -0.15) is 0 Å². The molecule has 1 aliphatic rings. The second-order valence-electron chi connectivity index (χ2n) is 5.57. The van der Waals surface area contributed by atoms with Crippen molar-refractivity contribution in [1.82, 2.24) is 0 Å². The van der Waals surface area contributed by atoms with Crippen LogP contribution in [-0.2, 0) is 10.5 Å². The van der Waals surface area contributed by atoms with Gasteiger partial charge in [-0.15, -0.1) is 0 Å². The van der Waals surface area contributed by atoms with E-state index in [2.05, 4.69) is 42.1 Å². The molecule has 2 rings (SSSR count). The third kappa shape index (κ3) is 3.17. The molecular formula is C13H17BrClN2O2+. The summed E-state index contributed by atoms with van der Waals surface area (Å²) >= 11 is 9.56. The summed E-state index contributed by atoms with van der Waals surface area (Å²) in [6, 6.07) is 3.60. The molecule has 0 fully saturated rings. The molecule has 1 unspecified atom stereocenters. The summed E-state index contributed by atoms with van der Waals surface area (Å²) in [4.78, 5) is 4.16. The molecule has 0 amide bonds. The lowest BCUT2D eigenvalue weighted by Gasteiger charge is -2.27. The average Bonchev–Trinajstić information content (AvgIpc) is 2.61. The molecule has 1 N–H and O–H groups in total. The molecule has 104 valence electrons. The Morgan fingerprint density at radius 1 is 1.42 bits per heavy atom. The van der Waals surface area contributed by atoms with Crippen LogP contribution in [0, 0.1) is 0 Å². The first-order valence-electron chi connectivity index (χ1n) is 5.93. The van der Waals surface area contributed by atoms with Crippen LogP contribution in [0.3, 0.4) is 0 Å². The van der Waals surface area contributed by atoms with E-state index in [4.69, 9.17) is 16.3 Å². The van der Waals surface area contributed by atoms with E-state index in [1.165, 1.54) is 6.21 Å². The summed E-state index contributed by atoms with van der Waals surface area (Å²) in [7, 11) is 6.19. The first kappa shape index (κ1) is 14.9. The number of halogens is 2. The zero-order valence-electron chi connectivity index (χ0n) is 11.2. The Labute approximate surface area is 126 Å². The molecule has 0 radical (unpaired) electrons. The van der Waals surface area contributed by atoms with Gasteiger partial charge in [0.05, 0.1) is 50.2 Å². The van der Waals surface area contributed by atoms with Gasteiger partial charge in [0.1, 0.15) is 6.54 Å². The number of hydrogen-bond donors (Lipinski definition) is 1. The number of ether oxygens (including phenoxy) is 1. The molecule has 1 heterocycles. The van der Waals surface area contributed by atoms with Crippen molar-refractivity contribution < 1.29 is 14.3 Å². The van der Waals surface area contributed by atoms with Crippen LogP contribution in [0.4, 0.5) is 5.69 Å². The maximum Gasteiger partial charge on any atom is 0.234 e. The minimum absolute atomic E-state index is 0.411. The standard InChI is InChI=1S/C13H17BrClN2O2/c1-17(2,3)6-7-19-13(18)8-16-10-5-4-9(14)12(15)11(10)13/h4-5,8,18H,6-7H2,1-3H3/q+1. The van der Waals surface area contributed by atoms with Gasteiger partial charge in [0.25, 0.3) is 0 Å². The molecule has 4 nitrogen and oxygen atoms in total. The topological polar surface area (TPSA) is 41.8 Å². The van der Waals surface area contributed by atoms with E-state index in [-0.39, 0.29) is 0 Å². The second kappa shape index (κ2) is 5.14. The molecule has 1 aliphatic heterocycles.